The van der Waals surface area contributed by atoms with E-state index in [0.29, 0.717) is 18.1 Å². The van der Waals surface area contributed by atoms with Crippen LogP contribution in [0.5, 0.6) is 0 Å². The summed E-state index contributed by atoms with van der Waals surface area (Å²) < 4.78 is 5.66. The van der Waals surface area contributed by atoms with Crippen molar-refractivity contribution in [2.75, 3.05) is 0 Å². The molecule has 1 aliphatic carbocycles. The van der Waals surface area contributed by atoms with Gasteiger partial charge in [0, 0.05) is 0 Å². The van der Waals surface area contributed by atoms with Crippen LogP contribution in [0.25, 0.3) is 0 Å². The third-order valence-corrected chi connectivity index (χ3v) is 2.42. The summed E-state index contributed by atoms with van der Waals surface area (Å²) in [5.41, 5.74) is 0. The molecule has 0 radical (unpaired) electrons. The van der Waals surface area contributed by atoms with E-state index in [-0.39, 0.29) is 6.10 Å². The number of hydrogen-bond acceptors (Lipinski definition) is 2. The largest absolute Gasteiger partial charge is 0.393 e. The minimum atomic E-state index is -0.0978. The van der Waals surface area contributed by atoms with Gasteiger partial charge in [-0.1, -0.05) is 13.8 Å². The van der Waals surface area contributed by atoms with E-state index in [0.717, 1.165) is 12.8 Å². The normalized spacial score (nSPS) is 33.5. The average molecular weight is 158 g/mol. The van der Waals surface area contributed by atoms with Gasteiger partial charge in [0.05, 0.1) is 18.3 Å². The summed E-state index contributed by atoms with van der Waals surface area (Å²) in [6.45, 7) is 6.40. The summed E-state index contributed by atoms with van der Waals surface area (Å²) in [5, 5.41) is 8.99. The van der Waals surface area contributed by atoms with E-state index in [1.165, 1.54) is 0 Å². The molecule has 1 fully saturated rings. The highest BCUT2D eigenvalue weighted by Crippen LogP contribution is 2.25. The maximum absolute atomic E-state index is 8.99. The molecule has 1 unspecified atom stereocenters. The lowest BCUT2D eigenvalue weighted by atomic mass is 9.92. The van der Waals surface area contributed by atoms with Crippen molar-refractivity contribution in [2.45, 2.75) is 51.9 Å². The first-order chi connectivity index (χ1) is 5.09. The van der Waals surface area contributed by atoms with Gasteiger partial charge in [0.15, 0.2) is 0 Å². The average Bonchev–Trinajstić information content (AvgIpc) is 1.84. The highest BCUT2D eigenvalue weighted by Gasteiger charge is 2.29. The van der Waals surface area contributed by atoms with E-state index < -0.39 is 0 Å². The smallest absolute Gasteiger partial charge is 0.0628 e. The van der Waals surface area contributed by atoms with Crippen molar-refractivity contribution in [1.82, 2.24) is 0 Å². The van der Waals surface area contributed by atoms with Crippen molar-refractivity contribution in [1.29, 1.82) is 0 Å². The molecule has 0 heterocycles. The Kier molecular flexibility index (Phi) is 2.90. The molecule has 11 heavy (non-hydrogen) atoms. The molecule has 0 aliphatic heterocycles. The minimum absolute atomic E-state index is 0.0978. The predicted molar refractivity (Wildman–Crippen MR) is 44.4 cm³/mol. The van der Waals surface area contributed by atoms with Crippen molar-refractivity contribution in [3.05, 3.63) is 0 Å². The molecule has 0 amide bonds. The van der Waals surface area contributed by atoms with Crippen LogP contribution in [0, 0.1) is 5.92 Å². The number of rotatable bonds is 3. The quantitative estimate of drug-likeness (QED) is 0.675. The zero-order valence-corrected chi connectivity index (χ0v) is 7.58. The van der Waals surface area contributed by atoms with Gasteiger partial charge in [-0.2, -0.15) is 0 Å². The van der Waals surface area contributed by atoms with Crippen LogP contribution >= 0.6 is 0 Å². The van der Waals surface area contributed by atoms with E-state index in [2.05, 4.69) is 20.8 Å². The number of hydrogen-bond donors (Lipinski definition) is 1. The molecule has 2 heteroatoms. The Morgan fingerprint density at radius 3 is 2.18 bits per heavy atom. The summed E-state index contributed by atoms with van der Waals surface area (Å²) in [5.74, 6) is 0.577. The maximum Gasteiger partial charge on any atom is 0.0628 e. The van der Waals surface area contributed by atoms with Crippen molar-refractivity contribution in [3.63, 3.8) is 0 Å². The second-order valence-electron chi connectivity index (χ2n) is 3.83. The highest BCUT2D eigenvalue weighted by molar-refractivity contribution is 4.80. The van der Waals surface area contributed by atoms with Gasteiger partial charge >= 0.3 is 0 Å². The Hall–Kier alpha value is -0.0800. The molecule has 0 spiro atoms. The molecule has 1 saturated carbocycles. The highest BCUT2D eigenvalue weighted by atomic mass is 16.5. The Bertz CT molecular complexity index is 117. The fourth-order valence-electron chi connectivity index (χ4n) is 1.11. The number of aliphatic hydroxyl groups is 1. The SMILES string of the molecule is CC(C)C(C)OC1CC(O)C1. The summed E-state index contributed by atoms with van der Waals surface area (Å²) in [6.07, 6.45) is 2.21. The fourth-order valence-corrected chi connectivity index (χ4v) is 1.11. The molecule has 1 atom stereocenters. The third-order valence-electron chi connectivity index (χ3n) is 2.42. The molecule has 2 nitrogen and oxygen atoms in total. The molecule has 1 aliphatic rings. The van der Waals surface area contributed by atoms with Gasteiger partial charge in [0.2, 0.25) is 0 Å². The maximum atomic E-state index is 8.99. The topological polar surface area (TPSA) is 29.5 Å². The van der Waals surface area contributed by atoms with E-state index in [1.807, 2.05) is 0 Å². The number of aliphatic hydroxyl groups excluding tert-OH is 1. The molecular formula is C9H18O2. The molecule has 0 saturated heterocycles. The molecular weight excluding hydrogens is 140 g/mol. The van der Waals surface area contributed by atoms with Gasteiger partial charge in [0.1, 0.15) is 0 Å². The first-order valence-corrected chi connectivity index (χ1v) is 4.43. The van der Waals surface area contributed by atoms with Crippen LogP contribution in [0.15, 0.2) is 0 Å². The first-order valence-electron chi connectivity index (χ1n) is 4.43. The number of ether oxygens (including phenoxy) is 1. The van der Waals surface area contributed by atoms with Gasteiger partial charge in [-0.15, -0.1) is 0 Å². The zero-order valence-electron chi connectivity index (χ0n) is 7.58. The Balaban J connectivity index is 2.11. The van der Waals surface area contributed by atoms with Crippen molar-refractivity contribution in [3.8, 4) is 0 Å². The Labute approximate surface area is 68.6 Å². The first kappa shape index (κ1) is 9.01. The zero-order chi connectivity index (χ0) is 8.43. The van der Waals surface area contributed by atoms with Crippen molar-refractivity contribution < 1.29 is 9.84 Å². The van der Waals surface area contributed by atoms with Gasteiger partial charge in [-0.3, -0.25) is 0 Å². The molecule has 0 aromatic rings. The summed E-state index contributed by atoms with van der Waals surface area (Å²) >= 11 is 0. The second-order valence-corrected chi connectivity index (χ2v) is 3.83. The van der Waals surface area contributed by atoms with Crippen molar-refractivity contribution >= 4 is 0 Å². The molecule has 1 N–H and O–H groups in total. The van der Waals surface area contributed by atoms with Crippen LogP contribution in [0.1, 0.15) is 33.6 Å². The van der Waals surface area contributed by atoms with Crippen molar-refractivity contribution in [2.24, 2.45) is 5.92 Å². The van der Waals surface area contributed by atoms with Gasteiger partial charge < -0.3 is 9.84 Å². The van der Waals surface area contributed by atoms with Crippen LogP contribution in [0.2, 0.25) is 0 Å². The Morgan fingerprint density at radius 2 is 1.82 bits per heavy atom. The third kappa shape index (κ3) is 2.46. The molecule has 0 bridgehead atoms. The molecule has 66 valence electrons. The molecule has 0 aromatic heterocycles. The second kappa shape index (κ2) is 3.55. The summed E-state index contributed by atoms with van der Waals surface area (Å²) in [6, 6.07) is 0. The van der Waals surface area contributed by atoms with Gasteiger partial charge in [0.25, 0.3) is 0 Å². The Morgan fingerprint density at radius 1 is 1.27 bits per heavy atom. The van der Waals surface area contributed by atoms with E-state index in [4.69, 9.17) is 9.84 Å². The standard InChI is InChI=1S/C9H18O2/c1-6(2)7(3)11-9-4-8(10)5-9/h6-10H,4-5H2,1-3H3. The van der Waals surface area contributed by atoms with E-state index >= 15 is 0 Å². The van der Waals surface area contributed by atoms with Crippen LogP contribution < -0.4 is 0 Å². The van der Waals surface area contributed by atoms with E-state index in [9.17, 15) is 0 Å². The van der Waals surface area contributed by atoms with E-state index in [1.54, 1.807) is 0 Å². The molecule has 1 rings (SSSR count). The summed E-state index contributed by atoms with van der Waals surface area (Å²) in [4.78, 5) is 0. The van der Waals surface area contributed by atoms with Gasteiger partial charge in [-0.05, 0) is 25.7 Å². The lowest BCUT2D eigenvalue weighted by molar-refractivity contribution is -0.110. The monoisotopic (exact) mass is 158 g/mol. The minimum Gasteiger partial charge on any atom is -0.393 e. The van der Waals surface area contributed by atoms with Crippen LogP contribution in [-0.2, 0) is 4.74 Å². The predicted octanol–water partition coefficient (Wildman–Crippen LogP) is 1.57. The lowest BCUT2D eigenvalue weighted by Crippen LogP contribution is -2.38. The fraction of sp³-hybridized carbons (Fsp3) is 1.00. The molecule has 0 aromatic carbocycles. The lowest BCUT2D eigenvalue weighted by Gasteiger charge is -2.34. The van der Waals surface area contributed by atoms with Gasteiger partial charge in [-0.25, -0.2) is 0 Å². The van der Waals surface area contributed by atoms with Crippen LogP contribution in [-0.4, -0.2) is 23.4 Å². The van der Waals surface area contributed by atoms with Crippen LogP contribution in [0.3, 0.4) is 0 Å². The summed E-state index contributed by atoms with van der Waals surface area (Å²) in [7, 11) is 0. The van der Waals surface area contributed by atoms with Crippen LogP contribution in [0.4, 0.5) is 0 Å².